The molecule has 0 bridgehead atoms. The Labute approximate surface area is 148 Å². The van der Waals surface area contributed by atoms with Crippen LogP contribution in [0.15, 0.2) is 36.7 Å². The fourth-order valence-electron chi connectivity index (χ4n) is 3.43. The highest BCUT2D eigenvalue weighted by Gasteiger charge is 2.30. The van der Waals surface area contributed by atoms with Gasteiger partial charge in [-0.2, -0.15) is 5.10 Å². The number of carbonyl (C=O) groups is 1. The predicted molar refractivity (Wildman–Crippen MR) is 95.7 cm³/mol. The molecule has 1 saturated heterocycles. The maximum absolute atomic E-state index is 12.9. The molecule has 1 aliphatic heterocycles. The zero-order chi connectivity index (χ0) is 17.2. The molecule has 0 N–H and O–H groups in total. The third-order valence-corrected chi connectivity index (χ3v) is 5.08. The Bertz CT molecular complexity index is 734. The van der Waals surface area contributed by atoms with Gasteiger partial charge in [-0.1, -0.05) is 0 Å². The van der Waals surface area contributed by atoms with E-state index in [2.05, 4.69) is 5.10 Å². The van der Waals surface area contributed by atoms with E-state index in [9.17, 15) is 4.79 Å². The molecule has 1 aromatic carbocycles. The van der Waals surface area contributed by atoms with Gasteiger partial charge in [0.05, 0.1) is 25.4 Å². The Balaban J connectivity index is 1.39. The largest absolute Gasteiger partial charge is 0.493 e. The van der Waals surface area contributed by atoms with E-state index in [1.54, 1.807) is 0 Å². The number of rotatable bonds is 6. The van der Waals surface area contributed by atoms with Gasteiger partial charge >= 0.3 is 0 Å². The monoisotopic (exact) mass is 339 g/mol. The Kier molecular flexibility index (Phi) is 4.47. The zero-order valence-electron chi connectivity index (χ0n) is 14.7. The minimum Gasteiger partial charge on any atom is -0.493 e. The maximum Gasteiger partial charge on any atom is 0.254 e. The molecule has 0 spiro atoms. The molecule has 2 aliphatic rings. The molecular formula is C20H25N3O2. The van der Waals surface area contributed by atoms with Crippen molar-refractivity contribution in [3.8, 4) is 5.75 Å². The first-order valence-electron chi connectivity index (χ1n) is 9.22. The van der Waals surface area contributed by atoms with Crippen LogP contribution < -0.4 is 4.74 Å². The van der Waals surface area contributed by atoms with Crippen molar-refractivity contribution in [2.75, 3.05) is 13.2 Å². The van der Waals surface area contributed by atoms with Crippen LogP contribution in [0, 0.1) is 12.8 Å². The minimum atomic E-state index is 0.111. The highest BCUT2D eigenvalue weighted by molar-refractivity contribution is 5.94. The average molecular weight is 339 g/mol. The van der Waals surface area contributed by atoms with Crippen LogP contribution in [0.4, 0.5) is 0 Å². The van der Waals surface area contributed by atoms with Gasteiger partial charge in [-0.3, -0.25) is 9.48 Å². The van der Waals surface area contributed by atoms with Crippen LogP contribution in [0.5, 0.6) is 5.75 Å². The molecule has 1 amide bonds. The fraction of sp³-hybridized carbons (Fsp3) is 0.500. The maximum atomic E-state index is 12.9. The van der Waals surface area contributed by atoms with Gasteiger partial charge in [0, 0.05) is 18.3 Å². The SMILES string of the molecule is Cc1cnn(C[C@H]2CCCN2C(=O)c2ccc(OCC3CC3)cc2)c1. The average Bonchev–Trinajstić information content (AvgIpc) is 3.20. The summed E-state index contributed by atoms with van der Waals surface area (Å²) in [5.74, 6) is 1.70. The Morgan fingerprint density at radius 3 is 2.72 bits per heavy atom. The molecule has 132 valence electrons. The van der Waals surface area contributed by atoms with Gasteiger partial charge in [0.25, 0.3) is 5.91 Å². The van der Waals surface area contributed by atoms with Gasteiger partial charge in [0.2, 0.25) is 0 Å². The first kappa shape index (κ1) is 16.2. The molecule has 5 nitrogen and oxygen atoms in total. The van der Waals surface area contributed by atoms with Crippen LogP contribution in [-0.4, -0.2) is 39.8 Å². The summed E-state index contributed by atoms with van der Waals surface area (Å²) in [4.78, 5) is 14.9. The Hall–Kier alpha value is -2.30. The third kappa shape index (κ3) is 3.86. The van der Waals surface area contributed by atoms with Crippen molar-refractivity contribution in [1.29, 1.82) is 0 Å². The van der Waals surface area contributed by atoms with Crippen molar-refractivity contribution >= 4 is 5.91 Å². The first-order valence-corrected chi connectivity index (χ1v) is 9.22. The molecular weight excluding hydrogens is 314 g/mol. The number of hydrogen-bond donors (Lipinski definition) is 0. The zero-order valence-corrected chi connectivity index (χ0v) is 14.7. The normalized spacial score (nSPS) is 20.0. The second kappa shape index (κ2) is 6.90. The predicted octanol–water partition coefficient (Wildman–Crippen LogP) is 3.29. The lowest BCUT2D eigenvalue weighted by molar-refractivity contribution is 0.0721. The second-order valence-corrected chi connectivity index (χ2v) is 7.31. The standard InChI is InChI=1S/C20H25N3O2/c1-15-11-21-22(12-15)13-18-3-2-10-23(18)20(24)17-6-8-19(9-7-17)25-14-16-4-5-16/h6-9,11-12,16,18H,2-5,10,13-14H2,1H3/t18-/m1/s1. The smallest absolute Gasteiger partial charge is 0.254 e. The molecule has 1 saturated carbocycles. The van der Waals surface area contributed by atoms with E-state index in [0.29, 0.717) is 0 Å². The summed E-state index contributed by atoms with van der Waals surface area (Å²) in [7, 11) is 0. The lowest BCUT2D eigenvalue weighted by Crippen LogP contribution is -2.38. The lowest BCUT2D eigenvalue weighted by Gasteiger charge is -2.25. The number of carbonyl (C=O) groups excluding carboxylic acids is 1. The van der Waals surface area contributed by atoms with Crippen LogP contribution >= 0.6 is 0 Å². The third-order valence-electron chi connectivity index (χ3n) is 5.08. The van der Waals surface area contributed by atoms with Crippen molar-refractivity contribution in [2.24, 2.45) is 5.92 Å². The number of amides is 1. The number of nitrogens with zero attached hydrogens (tertiary/aromatic N) is 3. The molecule has 2 aromatic rings. The Morgan fingerprint density at radius 2 is 2.04 bits per heavy atom. The van der Waals surface area contributed by atoms with Crippen LogP contribution in [0.3, 0.4) is 0 Å². The second-order valence-electron chi connectivity index (χ2n) is 7.31. The molecule has 1 aromatic heterocycles. The topological polar surface area (TPSA) is 47.4 Å². The summed E-state index contributed by atoms with van der Waals surface area (Å²) in [6.45, 7) is 4.42. The van der Waals surface area contributed by atoms with Crippen molar-refractivity contribution in [3.63, 3.8) is 0 Å². The van der Waals surface area contributed by atoms with E-state index in [4.69, 9.17) is 4.74 Å². The summed E-state index contributed by atoms with van der Waals surface area (Å²) in [5.41, 5.74) is 1.89. The van der Waals surface area contributed by atoms with Gasteiger partial charge in [0.1, 0.15) is 5.75 Å². The van der Waals surface area contributed by atoms with E-state index < -0.39 is 0 Å². The number of benzene rings is 1. The van der Waals surface area contributed by atoms with Crippen molar-refractivity contribution in [3.05, 3.63) is 47.8 Å². The summed E-state index contributed by atoms with van der Waals surface area (Å²) in [6.07, 6.45) is 8.55. The van der Waals surface area contributed by atoms with Gasteiger partial charge in [-0.15, -0.1) is 0 Å². The summed E-state index contributed by atoms with van der Waals surface area (Å²) >= 11 is 0. The quantitative estimate of drug-likeness (QED) is 0.811. The van der Waals surface area contributed by atoms with Crippen LogP contribution in [-0.2, 0) is 6.54 Å². The van der Waals surface area contributed by atoms with Gasteiger partial charge in [-0.05, 0) is 68.4 Å². The number of aromatic nitrogens is 2. The summed E-state index contributed by atoms with van der Waals surface area (Å²) in [5, 5.41) is 4.36. The number of aryl methyl sites for hydroxylation is 1. The van der Waals surface area contributed by atoms with E-state index >= 15 is 0 Å². The molecule has 1 atom stereocenters. The number of likely N-dealkylation sites (tertiary alicyclic amines) is 1. The molecule has 25 heavy (non-hydrogen) atoms. The molecule has 2 fully saturated rings. The minimum absolute atomic E-state index is 0.111. The summed E-state index contributed by atoms with van der Waals surface area (Å²) in [6, 6.07) is 7.82. The van der Waals surface area contributed by atoms with Crippen LogP contribution in [0.1, 0.15) is 41.6 Å². The van der Waals surface area contributed by atoms with Crippen molar-refractivity contribution < 1.29 is 9.53 Å². The van der Waals surface area contributed by atoms with E-state index in [-0.39, 0.29) is 11.9 Å². The Morgan fingerprint density at radius 1 is 1.24 bits per heavy atom. The van der Waals surface area contributed by atoms with Crippen molar-refractivity contribution in [1.82, 2.24) is 14.7 Å². The van der Waals surface area contributed by atoms with Crippen LogP contribution in [0.25, 0.3) is 0 Å². The highest BCUT2D eigenvalue weighted by atomic mass is 16.5. The molecule has 2 heterocycles. The number of hydrogen-bond acceptors (Lipinski definition) is 3. The molecule has 1 aliphatic carbocycles. The lowest BCUT2D eigenvalue weighted by atomic mass is 10.1. The fourth-order valence-corrected chi connectivity index (χ4v) is 3.43. The van der Waals surface area contributed by atoms with E-state index in [0.717, 1.165) is 55.3 Å². The number of ether oxygens (including phenoxy) is 1. The summed E-state index contributed by atoms with van der Waals surface area (Å²) < 4.78 is 7.70. The van der Waals surface area contributed by atoms with Crippen LogP contribution in [0.2, 0.25) is 0 Å². The van der Waals surface area contributed by atoms with Gasteiger partial charge in [0.15, 0.2) is 0 Å². The first-order chi connectivity index (χ1) is 12.2. The molecule has 4 rings (SSSR count). The molecule has 5 heteroatoms. The highest BCUT2D eigenvalue weighted by Crippen LogP contribution is 2.29. The van der Waals surface area contributed by atoms with Crippen molar-refractivity contribution in [2.45, 2.75) is 45.2 Å². The van der Waals surface area contributed by atoms with Gasteiger partial charge < -0.3 is 9.64 Å². The molecule has 0 unspecified atom stereocenters. The van der Waals surface area contributed by atoms with E-state index in [1.807, 2.05) is 53.2 Å². The van der Waals surface area contributed by atoms with E-state index in [1.165, 1.54) is 12.8 Å². The molecule has 0 radical (unpaired) electrons. The van der Waals surface area contributed by atoms with Gasteiger partial charge in [-0.25, -0.2) is 0 Å².